The fraction of sp³-hybridized carbons (Fsp3) is 1.00. The molecule has 1 aliphatic heterocycles. The summed E-state index contributed by atoms with van der Waals surface area (Å²) in [6.07, 6.45) is -11.0. The van der Waals surface area contributed by atoms with Gasteiger partial charge in [0.25, 0.3) is 0 Å². The first kappa shape index (κ1) is 9.73. The van der Waals surface area contributed by atoms with E-state index in [4.69, 9.17) is 5.11 Å². The molecule has 1 aliphatic rings. The van der Waals surface area contributed by atoms with Crippen LogP contribution in [0.2, 0.25) is 0 Å². The van der Waals surface area contributed by atoms with E-state index in [9.17, 15) is 17.6 Å². The molecule has 12 heavy (non-hydrogen) atoms. The molecule has 6 heteroatoms. The summed E-state index contributed by atoms with van der Waals surface area (Å²) in [5.41, 5.74) is 0. The monoisotopic (exact) mass is 188 g/mol. The van der Waals surface area contributed by atoms with Crippen LogP contribution in [-0.2, 0) is 4.74 Å². The van der Waals surface area contributed by atoms with Crippen molar-refractivity contribution in [1.29, 1.82) is 0 Å². The molecule has 2 nitrogen and oxygen atoms in total. The standard InChI is InChI=1S/C6H8F4O2/c7-1-2-3(8)4(9)5(11)6(10)12-2/h2-6,11H,1H2/t2-,3+,4+,5-,6+/m1/s1. The second kappa shape index (κ2) is 3.57. The number of aliphatic hydroxyl groups is 1. The van der Waals surface area contributed by atoms with E-state index >= 15 is 0 Å². The molecule has 0 radical (unpaired) electrons. The summed E-state index contributed by atoms with van der Waals surface area (Å²) in [6, 6.07) is 0. The Kier molecular flexibility index (Phi) is 2.89. The quantitative estimate of drug-likeness (QED) is 0.613. The van der Waals surface area contributed by atoms with Crippen molar-refractivity contribution >= 4 is 0 Å². The molecule has 5 atom stereocenters. The first-order chi connectivity index (χ1) is 5.57. The normalized spacial score (nSPS) is 49.2. The molecule has 0 aromatic carbocycles. The van der Waals surface area contributed by atoms with Gasteiger partial charge in [0.2, 0.25) is 6.36 Å². The Hall–Kier alpha value is -0.360. The van der Waals surface area contributed by atoms with Crippen molar-refractivity contribution in [3.05, 3.63) is 0 Å². The minimum Gasteiger partial charge on any atom is -0.384 e. The zero-order valence-corrected chi connectivity index (χ0v) is 5.96. The number of ether oxygens (including phenoxy) is 1. The summed E-state index contributed by atoms with van der Waals surface area (Å²) in [5.74, 6) is 0. The topological polar surface area (TPSA) is 29.5 Å². The van der Waals surface area contributed by atoms with Crippen molar-refractivity contribution in [3.63, 3.8) is 0 Å². The van der Waals surface area contributed by atoms with Gasteiger partial charge in [-0.25, -0.2) is 17.6 Å². The highest BCUT2D eigenvalue weighted by molar-refractivity contribution is 4.89. The van der Waals surface area contributed by atoms with E-state index in [0.29, 0.717) is 0 Å². The molecule has 0 spiro atoms. The fourth-order valence-corrected chi connectivity index (χ4v) is 0.982. The highest BCUT2D eigenvalue weighted by Crippen LogP contribution is 2.26. The Morgan fingerprint density at radius 2 is 1.75 bits per heavy atom. The van der Waals surface area contributed by atoms with E-state index < -0.39 is 37.6 Å². The number of halogens is 4. The average Bonchev–Trinajstić information content (AvgIpc) is 2.08. The fourth-order valence-electron chi connectivity index (χ4n) is 0.982. The van der Waals surface area contributed by atoms with Gasteiger partial charge in [-0.2, -0.15) is 0 Å². The van der Waals surface area contributed by atoms with Gasteiger partial charge in [-0.1, -0.05) is 0 Å². The Bertz CT molecular complexity index is 152. The van der Waals surface area contributed by atoms with Gasteiger partial charge in [-0.05, 0) is 0 Å². The van der Waals surface area contributed by atoms with Gasteiger partial charge < -0.3 is 9.84 Å². The van der Waals surface area contributed by atoms with Crippen molar-refractivity contribution in [2.45, 2.75) is 30.9 Å². The average molecular weight is 188 g/mol. The number of alkyl halides is 4. The van der Waals surface area contributed by atoms with Gasteiger partial charge in [-0.3, -0.25) is 0 Å². The third kappa shape index (κ3) is 1.54. The molecule has 1 heterocycles. The maximum Gasteiger partial charge on any atom is 0.228 e. The van der Waals surface area contributed by atoms with Gasteiger partial charge in [0.1, 0.15) is 18.9 Å². The van der Waals surface area contributed by atoms with Crippen molar-refractivity contribution in [2.75, 3.05) is 6.67 Å². The maximum atomic E-state index is 12.6. The number of rotatable bonds is 1. The highest BCUT2D eigenvalue weighted by atomic mass is 19.2. The lowest BCUT2D eigenvalue weighted by Gasteiger charge is -2.33. The molecule has 0 unspecified atom stereocenters. The Balaban J connectivity index is 2.63. The molecule has 0 saturated carbocycles. The smallest absolute Gasteiger partial charge is 0.228 e. The van der Waals surface area contributed by atoms with Gasteiger partial charge in [-0.15, -0.1) is 0 Å². The van der Waals surface area contributed by atoms with Gasteiger partial charge in [0.05, 0.1) is 0 Å². The minimum atomic E-state index is -2.42. The lowest BCUT2D eigenvalue weighted by Crippen LogP contribution is -2.53. The van der Waals surface area contributed by atoms with Gasteiger partial charge in [0.15, 0.2) is 12.3 Å². The minimum absolute atomic E-state index is 1.31. The Morgan fingerprint density at radius 3 is 2.25 bits per heavy atom. The molecular formula is C6H8F4O2. The van der Waals surface area contributed by atoms with Gasteiger partial charge >= 0.3 is 0 Å². The third-order valence-electron chi connectivity index (χ3n) is 1.71. The predicted octanol–water partition coefficient (Wildman–Crippen LogP) is 0.687. The second-order valence-electron chi connectivity index (χ2n) is 2.56. The van der Waals surface area contributed by atoms with E-state index in [2.05, 4.69) is 4.74 Å². The van der Waals surface area contributed by atoms with Crippen molar-refractivity contribution in [2.24, 2.45) is 0 Å². The molecular weight excluding hydrogens is 180 g/mol. The van der Waals surface area contributed by atoms with Crippen LogP contribution in [0.5, 0.6) is 0 Å². The molecule has 0 aromatic heterocycles. The van der Waals surface area contributed by atoms with Crippen LogP contribution < -0.4 is 0 Å². The van der Waals surface area contributed by atoms with E-state index in [-0.39, 0.29) is 0 Å². The lowest BCUT2D eigenvalue weighted by atomic mass is 10.0. The van der Waals surface area contributed by atoms with E-state index in [0.717, 1.165) is 0 Å². The largest absolute Gasteiger partial charge is 0.384 e. The van der Waals surface area contributed by atoms with E-state index in [1.54, 1.807) is 0 Å². The van der Waals surface area contributed by atoms with E-state index in [1.165, 1.54) is 0 Å². The van der Waals surface area contributed by atoms with Crippen LogP contribution in [0.4, 0.5) is 17.6 Å². The molecule has 0 aliphatic carbocycles. The summed E-state index contributed by atoms with van der Waals surface area (Å²) in [5, 5.41) is 8.59. The number of hydrogen-bond donors (Lipinski definition) is 1. The van der Waals surface area contributed by atoms with Crippen molar-refractivity contribution < 1.29 is 27.4 Å². The highest BCUT2D eigenvalue weighted by Gasteiger charge is 2.46. The summed E-state index contributed by atoms with van der Waals surface area (Å²) >= 11 is 0. The Labute approximate surface area is 66.1 Å². The van der Waals surface area contributed by atoms with Crippen molar-refractivity contribution in [3.8, 4) is 0 Å². The van der Waals surface area contributed by atoms with Crippen LogP contribution in [0.25, 0.3) is 0 Å². The van der Waals surface area contributed by atoms with Crippen LogP contribution >= 0.6 is 0 Å². The molecule has 1 fully saturated rings. The molecule has 1 rings (SSSR count). The molecule has 1 saturated heterocycles. The van der Waals surface area contributed by atoms with Crippen LogP contribution in [0.15, 0.2) is 0 Å². The zero-order valence-electron chi connectivity index (χ0n) is 5.96. The maximum absolute atomic E-state index is 12.6. The number of aliphatic hydroxyl groups excluding tert-OH is 1. The lowest BCUT2D eigenvalue weighted by molar-refractivity contribution is -0.230. The van der Waals surface area contributed by atoms with Gasteiger partial charge in [0, 0.05) is 0 Å². The van der Waals surface area contributed by atoms with Crippen LogP contribution in [-0.4, -0.2) is 42.7 Å². The zero-order chi connectivity index (χ0) is 9.30. The Morgan fingerprint density at radius 1 is 1.17 bits per heavy atom. The first-order valence-electron chi connectivity index (χ1n) is 3.39. The summed E-state index contributed by atoms with van der Waals surface area (Å²) < 4.78 is 53.4. The summed E-state index contributed by atoms with van der Waals surface area (Å²) in [7, 11) is 0. The van der Waals surface area contributed by atoms with Crippen molar-refractivity contribution in [1.82, 2.24) is 0 Å². The third-order valence-corrected chi connectivity index (χ3v) is 1.71. The predicted molar refractivity (Wildman–Crippen MR) is 31.5 cm³/mol. The molecule has 0 aromatic rings. The van der Waals surface area contributed by atoms with Crippen LogP contribution in [0.1, 0.15) is 0 Å². The molecule has 0 amide bonds. The van der Waals surface area contributed by atoms with Crippen LogP contribution in [0.3, 0.4) is 0 Å². The SMILES string of the molecule is O[C@@H]1[C@@H](F)[C@@H](F)[C@@H](CF)O[C@@H]1F. The van der Waals surface area contributed by atoms with Crippen LogP contribution in [0, 0.1) is 0 Å². The second-order valence-corrected chi connectivity index (χ2v) is 2.56. The summed E-state index contributed by atoms with van der Waals surface area (Å²) in [6.45, 7) is -1.31. The summed E-state index contributed by atoms with van der Waals surface area (Å²) in [4.78, 5) is 0. The molecule has 72 valence electrons. The first-order valence-corrected chi connectivity index (χ1v) is 3.39. The number of hydrogen-bond acceptors (Lipinski definition) is 2. The van der Waals surface area contributed by atoms with E-state index in [1.807, 2.05) is 0 Å². The molecule has 0 bridgehead atoms. The molecule has 1 N–H and O–H groups in total.